The third-order valence-electron chi connectivity index (χ3n) is 9.33. The first-order chi connectivity index (χ1) is 23.7. The van der Waals surface area contributed by atoms with E-state index in [9.17, 15) is 26.3 Å². The van der Waals surface area contributed by atoms with Crippen molar-refractivity contribution >= 4 is 43.6 Å². The zero-order valence-corrected chi connectivity index (χ0v) is 27.4. The smallest absolute Gasteiger partial charge is 0.294 e. The van der Waals surface area contributed by atoms with Crippen LogP contribution in [0.25, 0.3) is 66.4 Å². The summed E-state index contributed by atoms with van der Waals surface area (Å²) in [5.74, 6) is 0.713. The van der Waals surface area contributed by atoms with Gasteiger partial charge in [-0.15, -0.1) is 0 Å². The molecule has 3 aromatic heterocycles. The fourth-order valence-electron chi connectivity index (χ4n) is 6.99. The summed E-state index contributed by atoms with van der Waals surface area (Å²) in [6, 6.07) is 29.0. The molecule has 8 rings (SSSR count). The van der Waals surface area contributed by atoms with Crippen LogP contribution in [0.1, 0.15) is 33.4 Å². The quantitative estimate of drug-likeness (QED) is 0.171. The fraction of sp³-hybridized carbons (Fsp3) is 0.146. The molecule has 3 heterocycles. The second kappa shape index (κ2) is 11.0. The van der Waals surface area contributed by atoms with Gasteiger partial charge >= 0.3 is 12.4 Å². The Balaban J connectivity index is 1.54. The second-order valence-corrected chi connectivity index (χ2v) is 13.1. The molecule has 250 valence electrons. The number of aromatic nitrogens is 3. The summed E-state index contributed by atoms with van der Waals surface area (Å²) < 4.78 is 88.6. The number of alkyl halides is 6. The molecular formula is C41H29F6N3. The summed E-state index contributed by atoms with van der Waals surface area (Å²) in [4.78, 5) is 5.19. The third kappa shape index (κ3) is 5.19. The molecule has 5 aromatic carbocycles. The minimum atomic E-state index is -5.00. The Morgan fingerprint density at radius 2 is 0.700 bits per heavy atom. The van der Waals surface area contributed by atoms with E-state index >= 15 is 0 Å². The largest absolute Gasteiger partial charge is 0.416 e. The molecule has 0 unspecified atom stereocenters. The summed E-state index contributed by atoms with van der Waals surface area (Å²) in [6.45, 7) is 7.86. The first-order valence-corrected chi connectivity index (χ1v) is 16.0. The van der Waals surface area contributed by atoms with Gasteiger partial charge in [-0.1, -0.05) is 48.5 Å². The van der Waals surface area contributed by atoms with E-state index in [2.05, 4.69) is 0 Å². The van der Waals surface area contributed by atoms with Crippen LogP contribution in [-0.2, 0) is 12.4 Å². The Kier molecular flexibility index (Phi) is 6.95. The van der Waals surface area contributed by atoms with E-state index in [1.54, 1.807) is 12.1 Å². The number of pyridine rings is 1. The molecule has 0 aliphatic heterocycles. The Morgan fingerprint density at radius 1 is 0.400 bits per heavy atom. The monoisotopic (exact) mass is 677 g/mol. The van der Waals surface area contributed by atoms with Crippen LogP contribution in [-0.4, -0.2) is 14.1 Å². The van der Waals surface area contributed by atoms with Gasteiger partial charge in [0.25, 0.3) is 0 Å². The second-order valence-electron chi connectivity index (χ2n) is 13.1. The van der Waals surface area contributed by atoms with Crippen molar-refractivity contribution in [3.63, 3.8) is 0 Å². The zero-order valence-electron chi connectivity index (χ0n) is 27.4. The van der Waals surface area contributed by atoms with Gasteiger partial charge in [0.05, 0.1) is 33.2 Å². The molecule has 0 radical (unpaired) electrons. The minimum absolute atomic E-state index is 0.156. The van der Waals surface area contributed by atoms with Crippen molar-refractivity contribution in [3.05, 3.63) is 137 Å². The number of benzene rings is 5. The predicted octanol–water partition coefficient (Wildman–Crippen LogP) is 12.2. The molecule has 3 nitrogen and oxygen atoms in total. The Bertz CT molecular complexity index is 2380. The molecule has 0 saturated carbocycles. The van der Waals surface area contributed by atoms with Gasteiger partial charge in [0.2, 0.25) is 0 Å². The standard InChI is InChI=1S/C41H29F6N3/c1-22-5-9-30-31-10-6-23(2)14-35(31)49(34(30)13-22)38-19-27(26-17-28(40(42,43)44)21-29(18-26)41(45,46)47)20-39(48-38)50-36-15-24(3)7-11-32(36)33-12-8-25(4)16-37(33)50/h5-21H,1-4H3. The van der Waals surface area contributed by atoms with Gasteiger partial charge in [-0.05, 0) is 116 Å². The molecule has 0 saturated heterocycles. The van der Waals surface area contributed by atoms with E-state index in [-0.39, 0.29) is 17.2 Å². The highest BCUT2D eigenvalue weighted by molar-refractivity contribution is 6.10. The van der Waals surface area contributed by atoms with Gasteiger partial charge in [-0.3, -0.25) is 9.13 Å². The number of rotatable bonds is 3. The van der Waals surface area contributed by atoms with Crippen LogP contribution in [0.3, 0.4) is 0 Å². The van der Waals surface area contributed by atoms with Crippen molar-refractivity contribution in [1.82, 2.24) is 14.1 Å². The average Bonchev–Trinajstić information content (AvgIpc) is 3.53. The SMILES string of the molecule is Cc1ccc2c3ccc(C)cc3n(-c3cc(-c4cc(C(F)(F)F)cc(C(F)(F)F)c4)cc(-n4c5cc(C)ccc5c5ccc(C)cc54)n3)c2c1. The van der Waals surface area contributed by atoms with Crippen LogP contribution >= 0.6 is 0 Å². The summed E-state index contributed by atoms with van der Waals surface area (Å²) in [7, 11) is 0. The van der Waals surface area contributed by atoms with E-state index in [0.717, 1.165) is 78.0 Å². The average molecular weight is 678 g/mol. The van der Waals surface area contributed by atoms with Gasteiger partial charge in [0.15, 0.2) is 0 Å². The first kappa shape index (κ1) is 31.7. The van der Waals surface area contributed by atoms with Crippen LogP contribution in [0.15, 0.2) is 103 Å². The van der Waals surface area contributed by atoms with E-state index in [4.69, 9.17) is 4.98 Å². The maximum Gasteiger partial charge on any atom is 0.416 e. The maximum absolute atomic E-state index is 14.1. The summed E-state index contributed by atoms with van der Waals surface area (Å²) in [5, 5.41) is 3.78. The van der Waals surface area contributed by atoms with Gasteiger partial charge in [0.1, 0.15) is 11.6 Å². The highest BCUT2D eigenvalue weighted by atomic mass is 19.4. The normalized spacial score (nSPS) is 12.6. The lowest BCUT2D eigenvalue weighted by Crippen LogP contribution is -2.11. The minimum Gasteiger partial charge on any atom is -0.294 e. The third-order valence-corrected chi connectivity index (χ3v) is 9.33. The molecule has 8 aromatic rings. The van der Waals surface area contributed by atoms with E-state index in [0.29, 0.717) is 11.6 Å². The van der Waals surface area contributed by atoms with Crippen molar-refractivity contribution in [3.8, 4) is 22.8 Å². The highest BCUT2D eigenvalue weighted by Crippen LogP contribution is 2.41. The Labute approximate surface area is 283 Å². The summed E-state index contributed by atoms with van der Waals surface area (Å²) in [6.07, 6.45) is -10.0. The van der Waals surface area contributed by atoms with E-state index < -0.39 is 23.5 Å². The number of nitrogens with zero attached hydrogens (tertiary/aromatic N) is 3. The van der Waals surface area contributed by atoms with E-state index in [1.807, 2.05) is 110 Å². The Morgan fingerprint density at radius 3 is 1.00 bits per heavy atom. The lowest BCUT2D eigenvalue weighted by atomic mass is 9.99. The van der Waals surface area contributed by atoms with Crippen molar-refractivity contribution in [2.45, 2.75) is 40.0 Å². The molecule has 50 heavy (non-hydrogen) atoms. The molecule has 0 bridgehead atoms. The molecule has 0 fully saturated rings. The number of fused-ring (bicyclic) bond motifs is 6. The van der Waals surface area contributed by atoms with Crippen molar-refractivity contribution in [1.29, 1.82) is 0 Å². The molecular weight excluding hydrogens is 648 g/mol. The fourth-order valence-corrected chi connectivity index (χ4v) is 6.99. The molecule has 0 aliphatic carbocycles. The summed E-state index contributed by atoms with van der Waals surface area (Å²) >= 11 is 0. The van der Waals surface area contributed by atoms with Gasteiger partial charge in [-0.2, -0.15) is 26.3 Å². The number of hydrogen-bond acceptors (Lipinski definition) is 1. The van der Waals surface area contributed by atoms with Gasteiger partial charge < -0.3 is 0 Å². The van der Waals surface area contributed by atoms with Crippen molar-refractivity contribution in [2.24, 2.45) is 0 Å². The van der Waals surface area contributed by atoms with Crippen molar-refractivity contribution in [2.75, 3.05) is 0 Å². The number of aryl methyl sites for hydroxylation is 4. The molecule has 0 amide bonds. The molecule has 0 spiro atoms. The molecule has 0 N–H and O–H groups in total. The lowest BCUT2D eigenvalue weighted by Gasteiger charge is -2.17. The zero-order chi connectivity index (χ0) is 35.3. The Hall–Kier alpha value is -5.57. The molecule has 0 atom stereocenters. The van der Waals surface area contributed by atoms with Crippen LogP contribution < -0.4 is 0 Å². The summed E-state index contributed by atoms with van der Waals surface area (Å²) in [5.41, 5.74) is 4.36. The van der Waals surface area contributed by atoms with E-state index in [1.165, 1.54) is 0 Å². The number of halogens is 6. The predicted molar refractivity (Wildman–Crippen MR) is 187 cm³/mol. The van der Waals surface area contributed by atoms with Crippen LogP contribution in [0.4, 0.5) is 26.3 Å². The molecule has 0 aliphatic rings. The number of hydrogen-bond donors (Lipinski definition) is 0. The maximum atomic E-state index is 14.1. The van der Waals surface area contributed by atoms with Crippen LogP contribution in [0.2, 0.25) is 0 Å². The van der Waals surface area contributed by atoms with Crippen molar-refractivity contribution < 1.29 is 26.3 Å². The highest BCUT2D eigenvalue weighted by Gasteiger charge is 2.37. The first-order valence-electron chi connectivity index (χ1n) is 16.0. The lowest BCUT2D eigenvalue weighted by molar-refractivity contribution is -0.143. The van der Waals surface area contributed by atoms with Crippen LogP contribution in [0, 0.1) is 27.7 Å². The topological polar surface area (TPSA) is 22.8 Å². The molecule has 9 heteroatoms. The van der Waals surface area contributed by atoms with Crippen LogP contribution in [0.5, 0.6) is 0 Å². The van der Waals surface area contributed by atoms with Gasteiger partial charge in [-0.25, -0.2) is 4.98 Å². The van der Waals surface area contributed by atoms with Gasteiger partial charge in [0, 0.05) is 21.5 Å².